The maximum absolute atomic E-state index is 5.29. The van der Waals surface area contributed by atoms with Gasteiger partial charge >= 0.3 is 0 Å². The molecule has 1 aliphatic heterocycles. The lowest BCUT2D eigenvalue weighted by Gasteiger charge is -2.01. The molecule has 0 saturated heterocycles. The lowest BCUT2D eigenvalue weighted by atomic mass is 10.1. The molecule has 0 spiro atoms. The molecular weight excluding hydrogens is 166 g/mol. The van der Waals surface area contributed by atoms with Crippen LogP contribution in [0.2, 0.25) is 0 Å². The van der Waals surface area contributed by atoms with Gasteiger partial charge in [-0.25, -0.2) is 10.8 Å². The van der Waals surface area contributed by atoms with Crippen molar-refractivity contribution < 1.29 is 0 Å². The SMILES string of the molecule is Cc1nnc(C)c2c1CC(NN)=N2. The van der Waals surface area contributed by atoms with E-state index in [9.17, 15) is 0 Å². The average molecular weight is 177 g/mol. The van der Waals surface area contributed by atoms with Crippen molar-refractivity contribution in [3.8, 4) is 0 Å². The Kier molecular flexibility index (Phi) is 1.73. The van der Waals surface area contributed by atoms with Crippen LogP contribution in [0.25, 0.3) is 0 Å². The Morgan fingerprint density at radius 1 is 1.23 bits per heavy atom. The minimum absolute atomic E-state index is 0.730. The van der Waals surface area contributed by atoms with E-state index in [-0.39, 0.29) is 0 Å². The number of aryl methyl sites for hydroxylation is 2. The van der Waals surface area contributed by atoms with Gasteiger partial charge in [0.25, 0.3) is 0 Å². The first kappa shape index (κ1) is 8.12. The van der Waals surface area contributed by atoms with E-state index in [1.807, 2.05) is 13.8 Å². The molecule has 5 heteroatoms. The number of hydrazine groups is 1. The van der Waals surface area contributed by atoms with E-state index in [4.69, 9.17) is 5.84 Å². The van der Waals surface area contributed by atoms with Gasteiger partial charge in [-0.05, 0) is 13.8 Å². The Labute approximate surface area is 76.0 Å². The highest BCUT2D eigenvalue weighted by Crippen LogP contribution is 2.29. The second-order valence-electron chi connectivity index (χ2n) is 3.08. The maximum atomic E-state index is 5.29. The van der Waals surface area contributed by atoms with Crippen LogP contribution >= 0.6 is 0 Å². The number of nitrogens with two attached hydrogens (primary N) is 1. The first-order chi connectivity index (χ1) is 6.22. The van der Waals surface area contributed by atoms with Crippen molar-refractivity contribution in [1.29, 1.82) is 0 Å². The monoisotopic (exact) mass is 177 g/mol. The number of nitrogens with one attached hydrogen (secondary N) is 1. The topological polar surface area (TPSA) is 76.2 Å². The summed E-state index contributed by atoms with van der Waals surface area (Å²) in [5, 5.41) is 8.02. The minimum atomic E-state index is 0.730. The van der Waals surface area contributed by atoms with Crippen LogP contribution in [0.15, 0.2) is 4.99 Å². The third-order valence-corrected chi connectivity index (χ3v) is 2.17. The lowest BCUT2D eigenvalue weighted by molar-refractivity contribution is 0.923. The largest absolute Gasteiger partial charge is 0.312 e. The number of nitrogens with zero attached hydrogens (tertiary/aromatic N) is 3. The number of aromatic nitrogens is 2. The summed E-state index contributed by atoms with van der Waals surface area (Å²) >= 11 is 0. The minimum Gasteiger partial charge on any atom is -0.312 e. The molecule has 0 aromatic carbocycles. The van der Waals surface area contributed by atoms with Crippen LogP contribution in [-0.2, 0) is 6.42 Å². The molecule has 0 saturated carbocycles. The second kappa shape index (κ2) is 2.77. The Bertz CT molecular complexity index is 382. The third-order valence-electron chi connectivity index (χ3n) is 2.17. The normalized spacial score (nSPS) is 13.9. The molecule has 2 heterocycles. The fourth-order valence-electron chi connectivity index (χ4n) is 1.43. The van der Waals surface area contributed by atoms with E-state index >= 15 is 0 Å². The number of amidine groups is 1. The molecule has 0 radical (unpaired) electrons. The molecule has 0 fully saturated rings. The number of hydrogen-bond acceptors (Lipinski definition) is 5. The molecule has 0 bridgehead atoms. The molecule has 0 atom stereocenters. The quantitative estimate of drug-likeness (QED) is 0.436. The predicted molar refractivity (Wildman–Crippen MR) is 49.6 cm³/mol. The fourth-order valence-corrected chi connectivity index (χ4v) is 1.43. The van der Waals surface area contributed by atoms with Crippen molar-refractivity contribution in [2.24, 2.45) is 10.8 Å². The third kappa shape index (κ3) is 1.17. The maximum Gasteiger partial charge on any atom is 0.121 e. The van der Waals surface area contributed by atoms with E-state index in [1.54, 1.807) is 0 Å². The molecule has 1 aromatic rings. The van der Waals surface area contributed by atoms with Gasteiger partial charge in [0.15, 0.2) is 0 Å². The van der Waals surface area contributed by atoms with Crippen molar-refractivity contribution >= 4 is 11.5 Å². The molecule has 13 heavy (non-hydrogen) atoms. The molecule has 0 unspecified atom stereocenters. The molecule has 68 valence electrons. The van der Waals surface area contributed by atoms with Gasteiger partial charge in [-0.15, -0.1) is 0 Å². The van der Waals surface area contributed by atoms with Crippen LogP contribution in [0, 0.1) is 13.8 Å². The summed E-state index contributed by atoms with van der Waals surface area (Å²) in [5.74, 6) is 6.07. The zero-order chi connectivity index (χ0) is 9.42. The summed E-state index contributed by atoms with van der Waals surface area (Å²) < 4.78 is 0. The molecule has 1 aliphatic rings. The van der Waals surface area contributed by atoms with Crippen molar-refractivity contribution in [2.75, 3.05) is 0 Å². The Morgan fingerprint density at radius 3 is 2.54 bits per heavy atom. The van der Waals surface area contributed by atoms with Crippen molar-refractivity contribution in [3.63, 3.8) is 0 Å². The highest BCUT2D eigenvalue weighted by atomic mass is 15.3. The summed E-state index contributed by atoms with van der Waals surface area (Å²) in [6.07, 6.45) is 0.730. The summed E-state index contributed by atoms with van der Waals surface area (Å²) in [5.41, 5.74) is 6.38. The van der Waals surface area contributed by atoms with Gasteiger partial charge in [0.1, 0.15) is 5.84 Å². The number of fused-ring (bicyclic) bond motifs is 1. The van der Waals surface area contributed by atoms with Crippen molar-refractivity contribution in [1.82, 2.24) is 15.6 Å². The molecule has 0 aliphatic carbocycles. The summed E-state index contributed by atoms with van der Waals surface area (Å²) in [4.78, 5) is 4.31. The van der Waals surface area contributed by atoms with E-state index in [2.05, 4.69) is 20.6 Å². The van der Waals surface area contributed by atoms with Crippen LogP contribution in [0.1, 0.15) is 17.0 Å². The number of rotatable bonds is 0. The van der Waals surface area contributed by atoms with Gasteiger partial charge in [0.2, 0.25) is 0 Å². The molecule has 5 nitrogen and oxygen atoms in total. The van der Waals surface area contributed by atoms with Gasteiger partial charge in [-0.1, -0.05) is 0 Å². The van der Waals surface area contributed by atoms with E-state index < -0.39 is 0 Å². The smallest absolute Gasteiger partial charge is 0.121 e. The average Bonchev–Trinajstić information content (AvgIpc) is 2.56. The molecule has 0 amide bonds. The Morgan fingerprint density at radius 2 is 1.92 bits per heavy atom. The predicted octanol–water partition coefficient (Wildman–Crippen LogP) is 0.143. The molecular formula is C8H11N5. The first-order valence-corrected chi connectivity index (χ1v) is 4.09. The molecule has 1 aromatic heterocycles. The van der Waals surface area contributed by atoms with Gasteiger partial charge in [0, 0.05) is 12.0 Å². The van der Waals surface area contributed by atoms with E-state index in [0.29, 0.717) is 0 Å². The Hall–Kier alpha value is -1.49. The van der Waals surface area contributed by atoms with Gasteiger partial charge in [-0.3, -0.25) is 0 Å². The summed E-state index contributed by atoms with van der Waals surface area (Å²) in [7, 11) is 0. The van der Waals surface area contributed by atoms with Gasteiger partial charge in [-0.2, -0.15) is 10.2 Å². The summed E-state index contributed by atoms with van der Waals surface area (Å²) in [6.45, 7) is 3.83. The van der Waals surface area contributed by atoms with Crippen LogP contribution in [0.5, 0.6) is 0 Å². The standard InChI is InChI=1S/C8H11N5/c1-4-6-3-7(11-9)10-8(6)5(2)13-12-4/h3,9H2,1-2H3,(H,10,11). The van der Waals surface area contributed by atoms with E-state index in [1.165, 1.54) is 0 Å². The zero-order valence-electron chi connectivity index (χ0n) is 7.63. The fraction of sp³-hybridized carbons (Fsp3) is 0.375. The van der Waals surface area contributed by atoms with Crippen LogP contribution in [0.4, 0.5) is 5.69 Å². The van der Waals surface area contributed by atoms with Crippen molar-refractivity contribution in [3.05, 3.63) is 17.0 Å². The van der Waals surface area contributed by atoms with Crippen LogP contribution in [-0.4, -0.2) is 16.0 Å². The zero-order valence-corrected chi connectivity index (χ0v) is 7.63. The lowest BCUT2D eigenvalue weighted by Crippen LogP contribution is -2.30. The number of aliphatic imine (C=N–C) groups is 1. The van der Waals surface area contributed by atoms with E-state index in [0.717, 1.165) is 34.9 Å². The Balaban J connectivity index is 2.54. The van der Waals surface area contributed by atoms with Crippen molar-refractivity contribution in [2.45, 2.75) is 20.3 Å². The van der Waals surface area contributed by atoms with Crippen LogP contribution < -0.4 is 11.3 Å². The summed E-state index contributed by atoms with van der Waals surface area (Å²) in [6, 6.07) is 0. The molecule has 2 rings (SSSR count). The highest BCUT2D eigenvalue weighted by molar-refractivity contribution is 5.92. The number of hydrogen-bond donors (Lipinski definition) is 2. The van der Waals surface area contributed by atoms with Gasteiger partial charge < -0.3 is 5.43 Å². The van der Waals surface area contributed by atoms with Crippen LogP contribution in [0.3, 0.4) is 0 Å². The molecule has 3 N–H and O–H groups in total. The first-order valence-electron chi connectivity index (χ1n) is 4.09. The second-order valence-corrected chi connectivity index (χ2v) is 3.08. The van der Waals surface area contributed by atoms with Gasteiger partial charge in [0.05, 0.1) is 17.1 Å². The highest BCUT2D eigenvalue weighted by Gasteiger charge is 2.19.